The van der Waals surface area contributed by atoms with Gasteiger partial charge in [0.2, 0.25) is 5.91 Å². The number of nitrogens with one attached hydrogen (secondary N) is 2. The molecule has 0 fully saturated rings. The second-order valence-corrected chi connectivity index (χ2v) is 11.0. The molecule has 1 amide bonds. The molecular formula is C28H26N4O2S2. The van der Waals surface area contributed by atoms with E-state index in [-0.39, 0.29) is 11.2 Å². The molecule has 5 aromatic rings. The Balaban J connectivity index is 1.38. The molecule has 0 radical (unpaired) electrons. The number of methoxy groups -OCH3 is 1. The number of hydrogen-bond donors (Lipinski definition) is 2. The summed E-state index contributed by atoms with van der Waals surface area (Å²) >= 11 is 2.82. The van der Waals surface area contributed by atoms with Crippen LogP contribution in [0.15, 0.2) is 71.9 Å². The number of aryl methyl sites for hydroxylation is 2. The summed E-state index contributed by atoms with van der Waals surface area (Å²) in [6.07, 6.45) is 0. The molecule has 5 rings (SSSR count). The maximum Gasteiger partial charge on any atom is 0.239 e. The summed E-state index contributed by atoms with van der Waals surface area (Å²) in [6.45, 7) is 6.01. The second kappa shape index (κ2) is 10.2. The van der Waals surface area contributed by atoms with Crippen molar-refractivity contribution in [3.63, 3.8) is 0 Å². The van der Waals surface area contributed by atoms with E-state index in [2.05, 4.69) is 77.7 Å². The average molecular weight is 515 g/mol. The van der Waals surface area contributed by atoms with Gasteiger partial charge in [-0.2, -0.15) is 0 Å². The van der Waals surface area contributed by atoms with Crippen LogP contribution in [0.25, 0.3) is 32.7 Å². The van der Waals surface area contributed by atoms with E-state index in [1.807, 2.05) is 25.1 Å². The van der Waals surface area contributed by atoms with Gasteiger partial charge in [-0.1, -0.05) is 82.8 Å². The van der Waals surface area contributed by atoms with Crippen LogP contribution in [-0.4, -0.2) is 33.2 Å². The van der Waals surface area contributed by atoms with Gasteiger partial charge in [0.25, 0.3) is 0 Å². The number of imidazole rings is 1. The van der Waals surface area contributed by atoms with Crippen molar-refractivity contribution >= 4 is 44.4 Å². The smallest absolute Gasteiger partial charge is 0.239 e. The van der Waals surface area contributed by atoms with Crippen LogP contribution in [0.1, 0.15) is 18.1 Å². The maximum atomic E-state index is 13.0. The summed E-state index contributed by atoms with van der Waals surface area (Å²) in [5, 5.41) is 3.83. The monoisotopic (exact) mass is 514 g/mol. The third-order valence-electron chi connectivity index (χ3n) is 5.83. The molecule has 3 aromatic carbocycles. The number of thioether (sulfide) groups is 1. The zero-order valence-corrected chi connectivity index (χ0v) is 22.1. The van der Waals surface area contributed by atoms with E-state index in [9.17, 15) is 4.79 Å². The van der Waals surface area contributed by atoms with Crippen LogP contribution in [-0.2, 0) is 4.79 Å². The lowest BCUT2D eigenvalue weighted by atomic mass is 10.0. The van der Waals surface area contributed by atoms with E-state index in [0.29, 0.717) is 10.3 Å². The van der Waals surface area contributed by atoms with Crippen LogP contribution < -0.4 is 10.1 Å². The lowest BCUT2D eigenvalue weighted by molar-refractivity contribution is -0.115. The number of rotatable bonds is 7. The van der Waals surface area contributed by atoms with Crippen molar-refractivity contribution in [2.45, 2.75) is 31.2 Å². The van der Waals surface area contributed by atoms with Crippen LogP contribution in [0.2, 0.25) is 0 Å². The van der Waals surface area contributed by atoms with Gasteiger partial charge in [0, 0.05) is 11.1 Å². The Morgan fingerprint density at radius 1 is 0.972 bits per heavy atom. The van der Waals surface area contributed by atoms with Gasteiger partial charge in [0.1, 0.15) is 5.75 Å². The minimum absolute atomic E-state index is 0.129. The Morgan fingerprint density at radius 2 is 1.64 bits per heavy atom. The van der Waals surface area contributed by atoms with Gasteiger partial charge < -0.3 is 15.0 Å². The number of nitrogens with zero attached hydrogens (tertiary/aromatic N) is 2. The molecule has 0 aliphatic rings. The predicted octanol–water partition coefficient (Wildman–Crippen LogP) is 7.10. The molecule has 36 heavy (non-hydrogen) atoms. The first-order valence-corrected chi connectivity index (χ1v) is 13.3. The number of carbonyl (C=O) groups excluding carboxylic acids is 1. The van der Waals surface area contributed by atoms with E-state index in [0.717, 1.165) is 38.5 Å². The standard InChI is InChI=1S/C28H26N4O2S2/c1-16-5-9-19(10-6-16)24-25(20-11-7-17(2)8-12-20)31-28(30-24)35-18(3)26(33)32-27-29-22-14-13-21(34-4)15-23(22)36-27/h5-15,18H,1-4H3,(H,30,31)(H,29,32,33). The quantitative estimate of drug-likeness (QED) is 0.227. The Morgan fingerprint density at radius 3 is 2.31 bits per heavy atom. The Kier molecular flexibility index (Phi) is 6.80. The number of hydrogen-bond acceptors (Lipinski definition) is 6. The van der Waals surface area contributed by atoms with Gasteiger partial charge in [0.05, 0.1) is 34.0 Å². The Hall–Kier alpha value is -3.62. The highest BCUT2D eigenvalue weighted by atomic mass is 32.2. The van der Waals surface area contributed by atoms with Gasteiger partial charge in [-0.3, -0.25) is 4.79 Å². The highest BCUT2D eigenvalue weighted by molar-refractivity contribution is 8.00. The molecule has 2 aromatic heterocycles. The minimum Gasteiger partial charge on any atom is -0.497 e. The summed E-state index contributed by atoms with van der Waals surface area (Å²) in [6, 6.07) is 22.4. The van der Waals surface area contributed by atoms with E-state index in [1.54, 1.807) is 7.11 Å². The van der Waals surface area contributed by atoms with Crippen LogP contribution in [0, 0.1) is 13.8 Å². The summed E-state index contributed by atoms with van der Waals surface area (Å²) in [7, 11) is 1.63. The van der Waals surface area contributed by atoms with Gasteiger partial charge in [-0.25, -0.2) is 9.97 Å². The SMILES string of the molecule is COc1ccc2nc(NC(=O)C(C)Sc3nc(-c4ccc(C)cc4)c(-c4ccc(C)cc4)[nH]3)sc2c1. The average Bonchev–Trinajstić information content (AvgIpc) is 3.48. The van der Waals surface area contributed by atoms with Crippen molar-refractivity contribution < 1.29 is 9.53 Å². The first-order chi connectivity index (χ1) is 17.4. The number of carbonyl (C=O) groups is 1. The first kappa shape index (κ1) is 24.1. The summed E-state index contributed by atoms with van der Waals surface area (Å²) in [4.78, 5) is 25.9. The van der Waals surface area contributed by atoms with Gasteiger partial charge in [0.15, 0.2) is 10.3 Å². The van der Waals surface area contributed by atoms with Crippen molar-refractivity contribution in [1.29, 1.82) is 0 Å². The van der Waals surface area contributed by atoms with Crippen LogP contribution >= 0.6 is 23.1 Å². The number of fused-ring (bicyclic) bond motifs is 1. The number of benzene rings is 3. The molecule has 0 spiro atoms. The Labute approximate surface area is 218 Å². The third-order valence-corrected chi connectivity index (χ3v) is 7.75. The van der Waals surface area contributed by atoms with E-state index < -0.39 is 0 Å². The second-order valence-electron chi connectivity index (χ2n) is 8.60. The number of anilines is 1. The highest BCUT2D eigenvalue weighted by Crippen LogP contribution is 2.35. The molecule has 8 heteroatoms. The number of ether oxygens (including phenoxy) is 1. The number of aromatic amines is 1. The molecule has 0 saturated heterocycles. The molecule has 2 heterocycles. The first-order valence-electron chi connectivity index (χ1n) is 11.6. The molecule has 2 N–H and O–H groups in total. The summed E-state index contributed by atoms with van der Waals surface area (Å²) in [5.74, 6) is 0.635. The molecule has 1 atom stereocenters. The normalized spacial score (nSPS) is 12.0. The van der Waals surface area contributed by atoms with Gasteiger partial charge in [-0.15, -0.1) is 0 Å². The van der Waals surface area contributed by atoms with Crippen molar-refractivity contribution in [3.05, 3.63) is 77.9 Å². The van der Waals surface area contributed by atoms with Crippen LogP contribution in [0.3, 0.4) is 0 Å². The molecule has 0 bridgehead atoms. The van der Waals surface area contributed by atoms with Gasteiger partial charge >= 0.3 is 0 Å². The zero-order chi connectivity index (χ0) is 25.2. The molecule has 0 saturated carbocycles. The van der Waals surface area contributed by atoms with E-state index in [1.165, 1.54) is 34.2 Å². The maximum absolute atomic E-state index is 13.0. The predicted molar refractivity (Wildman–Crippen MR) is 149 cm³/mol. The molecule has 1 unspecified atom stereocenters. The number of H-pyrrole nitrogens is 1. The van der Waals surface area contributed by atoms with Crippen molar-refractivity contribution in [2.24, 2.45) is 0 Å². The number of amides is 1. The van der Waals surface area contributed by atoms with Crippen molar-refractivity contribution in [3.8, 4) is 28.3 Å². The topological polar surface area (TPSA) is 79.9 Å². The largest absolute Gasteiger partial charge is 0.497 e. The lowest BCUT2D eigenvalue weighted by Crippen LogP contribution is -2.22. The van der Waals surface area contributed by atoms with Crippen LogP contribution in [0.4, 0.5) is 5.13 Å². The highest BCUT2D eigenvalue weighted by Gasteiger charge is 2.21. The Bertz CT molecular complexity index is 1460. The van der Waals surface area contributed by atoms with Gasteiger partial charge in [-0.05, 0) is 39.0 Å². The van der Waals surface area contributed by atoms with E-state index >= 15 is 0 Å². The summed E-state index contributed by atoms with van der Waals surface area (Å²) < 4.78 is 6.24. The van der Waals surface area contributed by atoms with Crippen molar-refractivity contribution in [2.75, 3.05) is 12.4 Å². The molecule has 6 nitrogen and oxygen atoms in total. The molecule has 0 aliphatic carbocycles. The van der Waals surface area contributed by atoms with E-state index in [4.69, 9.17) is 9.72 Å². The number of aromatic nitrogens is 3. The third kappa shape index (κ3) is 5.15. The molecule has 182 valence electrons. The lowest BCUT2D eigenvalue weighted by Gasteiger charge is -2.08. The van der Waals surface area contributed by atoms with Crippen molar-refractivity contribution in [1.82, 2.24) is 15.0 Å². The fourth-order valence-electron chi connectivity index (χ4n) is 3.77. The fourth-order valence-corrected chi connectivity index (χ4v) is 5.47. The van der Waals surface area contributed by atoms with Crippen LogP contribution in [0.5, 0.6) is 5.75 Å². The fraction of sp³-hybridized carbons (Fsp3) is 0.179. The zero-order valence-electron chi connectivity index (χ0n) is 20.5. The molecular weight excluding hydrogens is 488 g/mol. The molecule has 0 aliphatic heterocycles. The summed E-state index contributed by atoms with van der Waals surface area (Å²) in [5.41, 5.74) is 7.11. The minimum atomic E-state index is -0.380. The number of thiazole rings is 1.